The second-order valence-electron chi connectivity index (χ2n) is 4.30. The molecule has 7 nitrogen and oxygen atoms in total. The van der Waals surface area contributed by atoms with E-state index in [1.807, 2.05) is 0 Å². The number of carbonyl (C=O) groups excluding carboxylic acids is 1. The van der Waals surface area contributed by atoms with E-state index in [-0.39, 0.29) is 5.57 Å². The van der Waals surface area contributed by atoms with Gasteiger partial charge in [-0.25, -0.2) is 14.2 Å². The quantitative estimate of drug-likeness (QED) is 0.639. The van der Waals surface area contributed by atoms with Crippen molar-refractivity contribution in [3.63, 3.8) is 0 Å². The summed E-state index contributed by atoms with van der Waals surface area (Å²) >= 11 is 0. The zero-order valence-corrected chi connectivity index (χ0v) is 13.4. The van der Waals surface area contributed by atoms with Crippen molar-refractivity contribution >= 4 is 22.5 Å². The van der Waals surface area contributed by atoms with Crippen molar-refractivity contribution in [2.75, 3.05) is 13.4 Å². The lowest BCUT2D eigenvalue weighted by molar-refractivity contribution is -0.114. The van der Waals surface area contributed by atoms with E-state index in [9.17, 15) is 9.00 Å². The van der Waals surface area contributed by atoms with Gasteiger partial charge in [-0.1, -0.05) is 18.2 Å². The van der Waals surface area contributed by atoms with Crippen molar-refractivity contribution < 1.29 is 18.5 Å². The van der Waals surface area contributed by atoms with Crippen LogP contribution in [0.5, 0.6) is 11.6 Å². The molecule has 0 aliphatic rings. The monoisotopic (exact) mass is 333 g/mol. The van der Waals surface area contributed by atoms with Crippen LogP contribution in [0.15, 0.2) is 49.1 Å². The van der Waals surface area contributed by atoms with Crippen LogP contribution in [0.25, 0.3) is 5.57 Å². The highest BCUT2D eigenvalue weighted by Gasteiger charge is 2.18. The highest BCUT2D eigenvalue weighted by molar-refractivity contribution is 7.82. The molecule has 120 valence electrons. The van der Waals surface area contributed by atoms with Crippen molar-refractivity contribution in [2.45, 2.75) is 0 Å². The highest BCUT2D eigenvalue weighted by Crippen LogP contribution is 2.29. The minimum absolute atomic E-state index is 0.187. The molecule has 23 heavy (non-hydrogen) atoms. The van der Waals surface area contributed by atoms with E-state index in [0.29, 0.717) is 17.2 Å². The van der Waals surface area contributed by atoms with E-state index in [4.69, 9.17) is 9.47 Å². The van der Waals surface area contributed by atoms with Crippen LogP contribution in [0, 0.1) is 0 Å². The van der Waals surface area contributed by atoms with E-state index in [2.05, 4.69) is 14.7 Å². The number of rotatable bonds is 6. The summed E-state index contributed by atoms with van der Waals surface area (Å²) in [5.74, 6) is 0.210. The molecule has 0 spiro atoms. The summed E-state index contributed by atoms with van der Waals surface area (Å²) in [5, 5.41) is 0. The fourth-order valence-electron chi connectivity index (χ4n) is 1.77. The second kappa shape index (κ2) is 8.04. The Balaban J connectivity index is 2.38. The molecular weight excluding hydrogens is 318 g/mol. The molecule has 0 radical (unpaired) electrons. The zero-order valence-electron chi connectivity index (χ0n) is 12.6. The zero-order chi connectivity index (χ0) is 16.7. The molecular formula is C15H15N3O4S. The maximum atomic E-state index is 12.2. The molecule has 1 N–H and O–H groups in total. The van der Waals surface area contributed by atoms with Crippen LogP contribution < -0.4 is 9.46 Å². The topological polar surface area (TPSA) is 90.4 Å². The standard InChI is InChI=1S/C15H15N3O4S/c1-21-9-12(15(19)18-23(2)20)11-5-3-4-6-13(11)22-14-7-8-16-10-17-14/h3-10H,1-2H3,(H,18,19)/b12-9+. The molecule has 0 aliphatic heterocycles. The number of para-hydroxylation sites is 1. The fraction of sp³-hybridized carbons (Fsp3) is 0.133. The van der Waals surface area contributed by atoms with Gasteiger partial charge in [0.1, 0.15) is 23.1 Å². The van der Waals surface area contributed by atoms with Crippen molar-refractivity contribution in [3.8, 4) is 11.6 Å². The van der Waals surface area contributed by atoms with Crippen LogP contribution in [-0.2, 0) is 20.5 Å². The van der Waals surface area contributed by atoms with Crippen LogP contribution in [0.4, 0.5) is 0 Å². The second-order valence-corrected chi connectivity index (χ2v) is 5.41. The summed E-state index contributed by atoms with van der Waals surface area (Å²) in [7, 11) is -0.0748. The third kappa shape index (κ3) is 4.62. The third-order valence-electron chi connectivity index (χ3n) is 2.66. The summed E-state index contributed by atoms with van der Waals surface area (Å²) in [4.78, 5) is 20.0. The molecule has 1 unspecified atom stereocenters. The van der Waals surface area contributed by atoms with Gasteiger partial charge in [-0.3, -0.25) is 9.52 Å². The molecule has 8 heteroatoms. The molecule has 1 aromatic heterocycles. The molecule has 0 saturated heterocycles. The molecule has 2 aromatic rings. The van der Waals surface area contributed by atoms with Gasteiger partial charge >= 0.3 is 0 Å². The predicted octanol–water partition coefficient (Wildman–Crippen LogP) is 1.67. The van der Waals surface area contributed by atoms with Crippen LogP contribution in [0.2, 0.25) is 0 Å². The maximum absolute atomic E-state index is 12.2. The molecule has 0 saturated carbocycles. The summed E-state index contributed by atoms with van der Waals surface area (Å²) < 4.78 is 24.2. The first-order valence-corrected chi connectivity index (χ1v) is 8.08. The smallest absolute Gasteiger partial charge is 0.266 e. The van der Waals surface area contributed by atoms with Gasteiger partial charge in [-0.2, -0.15) is 0 Å². The SMILES string of the molecule is CO/C=C(/C(=O)NS(C)=O)c1ccccc1Oc1ccncn1. The Hall–Kier alpha value is -2.74. The Morgan fingerprint density at radius 3 is 2.74 bits per heavy atom. The molecule has 0 aliphatic carbocycles. The molecule has 1 atom stereocenters. The lowest BCUT2D eigenvalue weighted by Crippen LogP contribution is -2.25. The lowest BCUT2D eigenvalue weighted by Gasteiger charge is -2.12. The van der Waals surface area contributed by atoms with E-state index in [0.717, 1.165) is 0 Å². The number of hydrogen-bond donors (Lipinski definition) is 1. The first kappa shape index (κ1) is 16.6. The van der Waals surface area contributed by atoms with Crippen molar-refractivity contribution in [1.29, 1.82) is 0 Å². The van der Waals surface area contributed by atoms with E-state index in [1.165, 1.54) is 26.0 Å². The van der Waals surface area contributed by atoms with Gasteiger partial charge < -0.3 is 9.47 Å². The Morgan fingerprint density at radius 2 is 2.09 bits per heavy atom. The van der Waals surface area contributed by atoms with Crippen LogP contribution >= 0.6 is 0 Å². The number of ether oxygens (including phenoxy) is 2. The van der Waals surface area contributed by atoms with Gasteiger partial charge in [0.05, 0.1) is 18.9 Å². The van der Waals surface area contributed by atoms with Gasteiger partial charge in [-0.05, 0) is 6.07 Å². The van der Waals surface area contributed by atoms with Gasteiger partial charge in [0.25, 0.3) is 5.91 Å². The lowest BCUT2D eigenvalue weighted by atomic mass is 10.1. The van der Waals surface area contributed by atoms with Crippen molar-refractivity contribution in [1.82, 2.24) is 14.7 Å². The molecule has 1 heterocycles. The van der Waals surface area contributed by atoms with E-state index < -0.39 is 16.9 Å². The third-order valence-corrected chi connectivity index (χ3v) is 3.14. The first-order chi connectivity index (χ1) is 11.1. The number of methoxy groups -OCH3 is 1. The summed E-state index contributed by atoms with van der Waals surface area (Å²) in [5.41, 5.74) is 0.670. The Labute approximate surface area is 136 Å². The van der Waals surface area contributed by atoms with E-state index >= 15 is 0 Å². The van der Waals surface area contributed by atoms with Crippen LogP contribution in [0.1, 0.15) is 5.56 Å². The van der Waals surface area contributed by atoms with Crippen molar-refractivity contribution in [2.24, 2.45) is 0 Å². The van der Waals surface area contributed by atoms with Crippen LogP contribution in [-0.4, -0.2) is 33.4 Å². The number of aromatic nitrogens is 2. The Morgan fingerprint density at radius 1 is 1.30 bits per heavy atom. The van der Waals surface area contributed by atoms with Gasteiger partial charge in [0.2, 0.25) is 5.88 Å². The van der Waals surface area contributed by atoms with Crippen molar-refractivity contribution in [3.05, 3.63) is 54.7 Å². The Bertz CT molecular complexity index is 735. The van der Waals surface area contributed by atoms with Crippen LogP contribution in [0.3, 0.4) is 0 Å². The largest absolute Gasteiger partial charge is 0.504 e. The number of nitrogens with zero attached hydrogens (tertiary/aromatic N) is 2. The molecule has 2 rings (SSSR count). The number of nitrogens with one attached hydrogen (secondary N) is 1. The minimum atomic E-state index is -1.50. The Kier molecular flexibility index (Phi) is 5.81. The number of carbonyl (C=O) groups is 1. The van der Waals surface area contributed by atoms with Gasteiger partial charge in [-0.15, -0.1) is 0 Å². The minimum Gasteiger partial charge on any atom is -0.504 e. The fourth-order valence-corrected chi connectivity index (χ4v) is 2.14. The number of amides is 1. The molecule has 0 fully saturated rings. The average molecular weight is 333 g/mol. The summed E-state index contributed by atoms with van der Waals surface area (Å²) in [6.07, 6.45) is 5.54. The number of benzene rings is 1. The molecule has 0 bridgehead atoms. The summed E-state index contributed by atoms with van der Waals surface area (Å²) in [6, 6.07) is 8.50. The van der Waals surface area contributed by atoms with E-state index in [1.54, 1.807) is 36.5 Å². The average Bonchev–Trinajstić information content (AvgIpc) is 2.54. The highest BCUT2D eigenvalue weighted by atomic mass is 32.2. The van der Waals surface area contributed by atoms with Gasteiger partial charge in [0, 0.05) is 24.1 Å². The predicted molar refractivity (Wildman–Crippen MR) is 85.7 cm³/mol. The maximum Gasteiger partial charge on any atom is 0.266 e. The number of hydrogen-bond acceptors (Lipinski definition) is 6. The molecule has 1 aromatic carbocycles. The van der Waals surface area contributed by atoms with Gasteiger partial charge in [0.15, 0.2) is 0 Å². The first-order valence-electron chi connectivity index (χ1n) is 6.52. The normalized spacial score (nSPS) is 12.3. The summed E-state index contributed by atoms with van der Waals surface area (Å²) in [6.45, 7) is 0. The molecule has 1 amide bonds.